The Hall–Kier alpha value is -1.72. The average molecular weight is 310 g/mol. The van der Waals surface area contributed by atoms with Crippen LogP contribution in [-0.2, 0) is 0 Å². The Kier molecular flexibility index (Phi) is 5.47. The first kappa shape index (κ1) is 15.7. The van der Waals surface area contributed by atoms with Crippen LogP contribution in [0, 0.1) is 0 Å². The van der Waals surface area contributed by atoms with Gasteiger partial charge in [-0.05, 0) is 30.7 Å². The van der Waals surface area contributed by atoms with Gasteiger partial charge in [-0.3, -0.25) is 0 Å². The number of hydrogen-bond donors (Lipinski definition) is 3. The van der Waals surface area contributed by atoms with Crippen molar-refractivity contribution < 1.29 is 14.8 Å². The number of halogens is 1. The third-order valence-corrected chi connectivity index (χ3v) is 3.87. The highest BCUT2D eigenvalue weighted by Crippen LogP contribution is 2.19. The zero-order chi connectivity index (χ0) is 15.2. The van der Waals surface area contributed by atoms with Gasteiger partial charge in [0, 0.05) is 22.7 Å². The second-order valence-electron chi connectivity index (χ2n) is 5.17. The number of carbonyl (C=O) groups is 1. The summed E-state index contributed by atoms with van der Waals surface area (Å²) in [4.78, 5) is 12.5. The number of nitrogens with one attached hydrogen (secondary N) is 3. The van der Waals surface area contributed by atoms with Gasteiger partial charge < -0.3 is 25.7 Å². The monoisotopic (exact) mass is 309 g/mol. The second-order valence-corrected chi connectivity index (χ2v) is 5.57. The average Bonchev–Trinajstić information content (AvgIpc) is 2.48. The smallest absolute Gasteiger partial charge is 0.0978 e. The Labute approximate surface area is 129 Å². The highest BCUT2D eigenvalue weighted by Gasteiger charge is 2.13. The molecule has 0 saturated heterocycles. The molecule has 1 heterocycles. The van der Waals surface area contributed by atoms with Crippen LogP contribution < -0.4 is 20.9 Å². The van der Waals surface area contributed by atoms with Gasteiger partial charge >= 0.3 is 0 Å². The van der Waals surface area contributed by atoms with Crippen molar-refractivity contribution in [1.29, 1.82) is 0 Å². The number of rotatable bonds is 6. The number of benzene rings is 1. The molecule has 2 rings (SSSR count). The van der Waals surface area contributed by atoms with Crippen molar-refractivity contribution in [2.24, 2.45) is 0 Å². The molecule has 1 unspecified atom stereocenters. The van der Waals surface area contributed by atoms with E-state index >= 15 is 0 Å². The molecule has 0 bridgehead atoms. The summed E-state index contributed by atoms with van der Waals surface area (Å²) < 4.78 is 0. The molecule has 21 heavy (non-hydrogen) atoms. The Morgan fingerprint density at radius 1 is 1.43 bits per heavy atom. The maximum absolute atomic E-state index is 10.9. The van der Waals surface area contributed by atoms with E-state index in [1.54, 1.807) is 17.0 Å². The van der Waals surface area contributed by atoms with E-state index in [1.807, 2.05) is 0 Å². The SMILES string of the molecule is CCC[NH+]1CC=C(NNc2ccc(Cl)c(C(=O)[O-])c2)CC1. The molecular formula is C15H20ClN3O2. The van der Waals surface area contributed by atoms with Crippen molar-refractivity contribution in [2.75, 3.05) is 25.1 Å². The Morgan fingerprint density at radius 3 is 2.86 bits per heavy atom. The summed E-state index contributed by atoms with van der Waals surface area (Å²) in [5, 5.41) is 11.1. The van der Waals surface area contributed by atoms with Crippen molar-refractivity contribution >= 4 is 23.3 Å². The second kappa shape index (κ2) is 7.33. The minimum atomic E-state index is -1.28. The molecule has 0 spiro atoms. The van der Waals surface area contributed by atoms with Gasteiger partial charge in [0.05, 0.1) is 31.3 Å². The Bertz CT molecular complexity index is 546. The van der Waals surface area contributed by atoms with E-state index in [2.05, 4.69) is 23.9 Å². The fourth-order valence-corrected chi connectivity index (χ4v) is 2.58. The predicted octanol–water partition coefficient (Wildman–Crippen LogP) is 0.203. The molecule has 0 fully saturated rings. The lowest BCUT2D eigenvalue weighted by atomic mass is 10.2. The number of carbonyl (C=O) groups excluding carboxylic acids is 1. The van der Waals surface area contributed by atoms with E-state index in [1.165, 1.54) is 19.0 Å². The maximum Gasteiger partial charge on any atom is 0.0978 e. The summed E-state index contributed by atoms with van der Waals surface area (Å²) in [7, 11) is 0. The van der Waals surface area contributed by atoms with Gasteiger partial charge in [-0.1, -0.05) is 18.5 Å². The van der Waals surface area contributed by atoms with Crippen LogP contribution in [0.2, 0.25) is 5.02 Å². The van der Waals surface area contributed by atoms with Gasteiger partial charge in [0.2, 0.25) is 0 Å². The number of quaternary nitrogens is 1. The lowest BCUT2D eigenvalue weighted by Gasteiger charge is -2.24. The number of aromatic carboxylic acids is 1. The summed E-state index contributed by atoms with van der Waals surface area (Å²) in [6.07, 6.45) is 4.35. The standard InChI is InChI=1S/C15H20ClN3O2/c1-2-7-19-8-5-11(6-9-19)17-18-12-3-4-14(16)13(10-12)15(20)21/h3-5,10,17-18H,2,6-9H2,1H3,(H,20,21). The quantitative estimate of drug-likeness (QED) is 0.657. The molecule has 1 aromatic rings. The van der Waals surface area contributed by atoms with Crippen LogP contribution in [0.15, 0.2) is 30.0 Å². The van der Waals surface area contributed by atoms with Crippen LogP contribution in [0.4, 0.5) is 5.69 Å². The van der Waals surface area contributed by atoms with Gasteiger partial charge in [-0.25, -0.2) is 0 Å². The van der Waals surface area contributed by atoms with Gasteiger partial charge in [0.1, 0.15) is 0 Å². The van der Waals surface area contributed by atoms with Crippen LogP contribution in [0.5, 0.6) is 0 Å². The van der Waals surface area contributed by atoms with E-state index in [0.717, 1.165) is 25.2 Å². The summed E-state index contributed by atoms with van der Waals surface area (Å²) in [5.74, 6) is -1.28. The Morgan fingerprint density at radius 2 is 2.24 bits per heavy atom. The van der Waals surface area contributed by atoms with E-state index in [9.17, 15) is 9.90 Å². The van der Waals surface area contributed by atoms with Crippen LogP contribution in [0.1, 0.15) is 30.1 Å². The maximum atomic E-state index is 10.9. The first-order valence-corrected chi connectivity index (χ1v) is 7.53. The predicted molar refractivity (Wildman–Crippen MR) is 81.1 cm³/mol. The molecule has 0 radical (unpaired) electrons. The van der Waals surface area contributed by atoms with Crippen LogP contribution >= 0.6 is 11.6 Å². The zero-order valence-electron chi connectivity index (χ0n) is 12.0. The zero-order valence-corrected chi connectivity index (χ0v) is 12.8. The number of carboxylic acids is 1. The van der Waals surface area contributed by atoms with E-state index in [0.29, 0.717) is 5.69 Å². The molecule has 0 amide bonds. The van der Waals surface area contributed by atoms with E-state index < -0.39 is 5.97 Å². The van der Waals surface area contributed by atoms with Crippen molar-refractivity contribution in [1.82, 2.24) is 5.43 Å². The number of carboxylic acid groups (broad SMARTS) is 1. The van der Waals surface area contributed by atoms with Crippen LogP contribution in [-0.4, -0.2) is 25.6 Å². The fraction of sp³-hybridized carbons (Fsp3) is 0.400. The highest BCUT2D eigenvalue weighted by atomic mass is 35.5. The highest BCUT2D eigenvalue weighted by molar-refractivity contribution is 6.33. The van der Waals surface area contributed by atoms with E-state index in [-0.39, 0.29) is 10.6 Å². The molecule has 1 aliphatic rings. The number of hydrogen-bond acceptors (Lipinski definition) is 4. The molecule has 0 saturated carbocycles. The van der Waals surface area contributed by atoms with Gasteiger partial charge in [0.25, 0.3) is 0 Å². The molecule has 1 aliphatic heterocycles. The minimum Gasteiger partial charge on any atom is -0.545 e. The molecule has 1 atom stereocenters. The Balaban J connectivity index is 1.92. The third kappa shape index (κ3) is 4.37. The van der Waals surface area contributed by atoms with Crippen molar-refractivity contribution in [3.8, 4) is 0 Å². The van der Waals surface area contributed by atoms with Gasteiger partial charge in [-0.15, -0.1) is 0 Å². The first-order chi connectivity index (χ1) is 10.1. The summed E-state index contributed by atoms with van der Waals surface area (Å²) in [6.45, 7) is 5.52. The van der Waals surface area contributed by atoms with Crippen molar-refractivity contribution in [2.45, 2.75) is 19.8 Å². The fourth-order valence-electron chi connectivity index (χ4n) is 2.39. The molecule has 0 aliphatic carbocycles. The molecule has 5 nitrogen and oxygen atoms in total. The number of anilines is 1. The summed E-state index contributed by atoms with van der Waals surface area (Å²) in [6, 6.07) is 4.72. The van der Waals surface area contributed by atoms with Crippen LogP contribution in [0.3, 0.4) is 0 Å². The van der Waals surface area contributed by atoms with E-state index in [4.69, 9.17) is 11.6 Å². The summed E-state index contributed by atoms with van der Waals surface area (Å²) in [5.41, 5.74) is 7.89. The largest absolute Gasteiger partial charge is 0.545 e. The van der Waals surface area contributed by atoms with Crippen LogP contribution in [0.25, 0.3) is 0 Å². The molecule has 3 N–H and O–H groups in total. The lowest BCUT2D eigenvalue weighted by Crippen LogP contribution is -3.12. The van der Waals surface area contributed by atoms with Gasteiger partial charge in [0.15, 0.2) is 0 Å². The van der Waals surface area contributed by atoms with Crippen molar-refractivity contribution in [3.63, 3.8) is 0 Å². The summed E-state index contributed by atoms with van der Waals surface area (Å²) >= 11 is 5.80. The molecular weight excluding hydrogens is 290 g/mol. The minimum absolute atomic E-state index is 0.0142. The lowest BCUT2D eigenvalue weighted by molar-refractivity contribution is -0.895. The molecule has 0 aromatic heterocycles. The normalized spacial score (nSPS) is 18.0. The number of hydrazine groups is 1. The first-order valence-electron chi connectivity index (χ1n) is 7.15. The molecule has 114 valence electrons. The molecule has 6 heteroatoms. The third-order valence-electron chi connectivity index (χ3n) is 3.54. The molecule has 1 aromatic carbocycles. The van der Waals surface area contributed by atoms with Crippen molar-refractivity contribution in [3.05, 3.63) is 40.6 Å². The topological polar surface area (TPSA) is 68.6 Å². The van der Waals surface area contributed by atoms with Gasteiger partial charge in [-0.2, -0.15) is 0 Å².